The Labute approximate surface area is 270 Å². The van der Waals surface area contributed by atoms with Crippen molar-refractivity contribution in [2.24, 2.45) is 5.92 Å². The molecule has 1 saturated carbocycles. The molecule has 2 rings (SSSR count). The SMILES string of the molecule is CC.COCC1CC(NC(=O)NCCCCOC2CC(OC(C)=O)C(OC(C)=O)C(COC(C)=O)O2)C(OC)C1OP(=O)(O)OC. The first-order chi connectivity index (χ1) is 21.8. The average molecular weight is 687 g/mol. The molecular formula is C28H51N2O15P. The minimum atomic E-state index is -4.31. The fourth-order valence-corrected chi connectivity index (χ4v) is 5.80. The first-order valence-electron chi connectivity index (χ1n) is 15.2. The standard InChI is InChI=1S/C26H45N2O15P.C2H6/c1-15(29)39-14-21-25(41-17(3)31)20(40-16(2)30)12-22(42-21)38-10-8-7-9-27-26(32)28-19-11-18(13-35-4)23(24(19)36-5)43-44(33,34)37-6;1-2/h18-25H,7-14H2,1-6H3,(H,33,34)(H2,27,28,32);1-2H3. The van der Waals surface area contributed by atoms with Gasteiger partial charge in [-0.25, -0.2) is 9.36 Å². The predicted molar refractivity (Wildman–Crippen MR) is 160 cm³/mol. The number of ether oxygens (including phenoxy) is 7. The Hall–Kier alpha value is -2.37. The van der Waals surface area contributed by atoms with E-state index in [4.69, 9.17) is 37.7 Å². The Bertz CT molecular complexity index is 1000. The summed E-state index contributed by atoms with van der Waals surface area (Å²) < 4.78 is 59.9. The van der Waals surface area contributed by atoms with E-state index in [1.807, 2.05) is 13.8 Å². The second-order valence-corrected chi connectivity index (χ2v) is 11.8. The molecule has 0 aromatic carbocycles. The second kappa shape index (κ2) is 21.5. The highest BCUT2D eigenvalue weighted by Crippen LogP contribution is 2.48. The lowest BCUT2D eigenvalue weighted by Crippen LogP contribution is -2.54. The maximum absolute atomic E-state index is 12.6. The molecule has 0 spiro atoms. The van der Waals surface area contributed by atoms with Crippen LogP contribution in [0.1, 0.15) is 60.3 Å². The van der Waals surface area contributed by atoms with E-state index in [1.54, 1.807) is 0 Å². The van der Waals surface area contributed by atoms with Crippen LogP contribution in [0.15, 0.2) is 0 Å². The number of carbonyl (C=O) groups is 4. The third kappa shape index (κ3) is 14.6. The van der Waals surface area contributed by atoms with Crippen LogP contribution < -0.4 is 10.6 Å². The van der Waals surface area contributed by atoms with Crippen molar-refractivity contribution in [2.45, 2.75) is 103 Å². The summed E-state index contributed by atoms with van der Waals surface area (Å²) in [6.07, 6.45) is -3.66. The summed E-state index contributed by atoms with van der Waals surface area (Å²) in [5, 5.41) is 5.57. The van der Waals surface area contributed by atoms with Crippen molar-refractivity contribution >= 4 is 31.8 Å². The zero-order chi connectivity index (χ0) is 34.9. The van der Waals surface area contributed by atoms with E-state index in [0.717, 1.165) is 7.11 Å². The van der Waals surface area contributed by atoms with Gasteiger partial charge in [0.25, 0.3) is 0 Å². The number of esters is 3. The van der Waals surface area contributed by atoms with Crippen molar-refractivity contribution in [1.29, 1.82) is 0 Å². The average Bonchev–Trinajstić information content (AvgIpc) is 3.29. The number of hydrogen-bond acceptors (Lipinski definition) is 14. The molecule has 3 N–H and O–H groups in total. The van der Waals surface area contributed by atoms with Crippen LogP contribution in [0, 0.1) is 5.92 Å². The maximum Gasteiger partial charge on any atom is 0.472 e. The number of hydrogen-bond donors (Lipinski definition) is 3. The Kier molecular flexibility index (Phi) is 19.5. The molecule has 17 nitrogen and oxygen atoms in total. The number of carbonyl (C=O) groups excluding carboxylic acids is 4. The van der Waals surface area contributed by atoms with E-state index in [1.165, 1.54) is 35.0 Å². The molecule has 0 bridgehead atoms. The molecule has 2 amide bonds. The summed E-state index contributed by atoms with van der Waals surface area (Å²) in [7, 11) is -0.347. The van der Waals surface area contributed by atoms with Crippen LogP contribution in [0.5, 0.6) is 0 Å². The number of rotatable bonds is 17. The van der Waals surface area contributed by atoms with Crippen molar-refractivity contribution in [1.82, 2.24) is 10.6 Å². The van der Waals surface area contributed by atoms with Gasteiger partial charge in [0.05, 0.1) is 12.6 Å². The van der Waals surface area contributed by atoms with Gasteiger partial charge < -0.3 is 48.7 Å². The van der Waals surface area contributed by atoms with Gasteiger partial charge in [0, 0.05) is 67.6 Å². The molecule has 268 valence electrons. The lowest BCUT2D eigenvalue weighted by Gasteiger charge is -2.39. The van der Waals surface area contributed by atoms with Crippen LogP contribution >= 0.6 is 7.82 Å². The first kappa shape index (κ1) is 41.7. The Morgan fingerprint density at radius 1 is 0.891 bits per heavy atom. The molecule has 1 heterocycles. The van der Waals surface area contributed by atoms with Crippen molar-refractivity contribution < 1.29 is 70.8 Å². The van der Waals surface area contributed by atoms with Crippen LogP contribution in [-0.2, 0) is 61.2 Å². The summed E-state index contributed by atoms with van der Waals surface area (Å²) >= 11 is 0. The van der Waals surface area contributed by atoms with Crippen LogP contribution in [0.25, 0.3) is 0 Å². The molecule has 1 aliphatic carbocycles. The zero-order valence-electron chi connectivity index (χ0n) is 27.9. The first-order valence-corrected chi connectivity index (χ1v) is 16.7. The van der Waals surface area contributed by atoms with Crippen molar-refractivity contribution in [3.05, 3.63) is 0 Å². The Morgan fingerprint density at radius 3 is 2.13 bits per heavy atom. The van der Waals surface area contributed by atoms with Crippen LogP contribution in [0.3, 0.4) is 0 Å². The summed E-state index contributed by atoms with van der Waals surface area (Å²) in [6, 6.07) is -0.979. The summed E-state index contributed by atoms with van der Waals surface area (Å²) in [6.45, 7) is 8.17. The number of phosphoric ester groups is 1. The predicted octanol–water partition coefficient (Wildman–Crippen LogP) is 1.83. The van der Waals surface area contributed by atoms with E-state index >= 15 is 0 Å². The summed E-state index contributed by atoms with van der Waals surface area (Å²) in [5.41, 5.74) is 0. The van der Waals surface area contributed by atoms with Crippen molar-refractivity contribution in [3.8, 4) is 0 Å². The van der Waals surface area contributed by atoms with Gasteiger partial charge in [0.2, 0.25) is 0 Å². The van der Waals surface area contributed by atoms with Crippen molar-refractivity contribution in [2.75, 3.05) is 47.7 Å². The van der Waals surface area contributed by atoms with E-state index in [-0.39, 0.29) is 32.2 Å². The zero-order valence-corrected chi connectivity index (χ0v) is 28.8. The normalized spacial score (nSPS) is 28.5. The largest absolute Gasteiger partial charge is 0.472 e. The number of phosphoric acid groups is 1. The molecule has 1 aliphatic heterocycles. The monoisotopic (exact) mass is 686 g/mol. The minimum Gasteiger partial charge on any atom is -0.463 e. The molecule has 2 fully saturated rings. The van der Waals surface area contributed by atoms with E-state index in [2.05, 4.69) is 15.2 Å². The maximum atomic E-state index is 12.6. The van der Waals surface area contributed by atoms with E-state index in [9.17, 15) is 28.6 Å². The quantitative estimate of drug-likeness (QED) is 0.0862. The van der Waals surface area contributed by atoms with E-state index in [0.29, 0.717) is 25.8 Å². The second-order valence-electron chi connectivity index (χ2n) is 10.3. The topological polar surface area (TPSA) is 213 Å². The molecule has 1 saturated heterocycles. The summed E-state index contributed by atoms with van der Waals surface area (Å²) in [4.78, 5) is 57.1. The molecule has 46 heavy (non-hydrogen) atoms. The smallest absolute Gasteiger partial charge is 0.463 e. The van der Waals surface area contributed by atoms with Gasteiger partial charge in [-0.2, -0.15) is 0 Å². The third-order valence-electron chi connectivity index (χ3n) is 6.91. The number of unbranched alkanes of at least 4 members (excludes halogenated alkanes) is 1. The molecule has 9 atom stereocenters. The highest BCUT2D eigenvalue weighted by atomic mass is 31.2. The van der Waals surface area contributed by atoms with Gasteiger partial charge in [-0.3, -0.25) is 23.4 Å². The van der Waals surface area contributed by atoms with Gasteiger partial charge >= 0.3 is 31.8 Å². The lowest BCUT2D eigenvalue weighted by atomic mass is 10.0. The fourth-order valence-electron chi connectivity index (χ4n) is 5.12. The number of amides is 2. The summed E-state index contributed by atoms with van der Waals surface area (Å²) in [5.74, 6) is -2.09. The molecular weight excluding hydrogens is 635 g/mol. The Morgan fingerprint density at radius 2 is 1.57 bits per heavy atom. The van der Waals surface area contributed by atoms with Gasteiger partial charge in [-0.1, -0.05) is 13.8 Å². The van der Waals surface area contributed by atoms with Gasteiger partial charge in [-0.15, -0.1) is 0 Å². The number of methoxy groups -OCH3 is 2. The molecule has 0 aromatic rings. The highest BCUT2D eigenvalue weighted by Gasteiger charge is 2.48. The van der Waals surface area contributed by atoms with Crippen LogP contribution in [0.2, 0.25) is 0 Å². The number of urea groups is 1. The van der Waals surface area contributed by atoms with E-state index < -0.39 is 74.6 Å². The lowest BCUT2D eigenvalue weighted by molar-refractivity contribution is -0.266. The molecule has 0 aromatic heterocycles. The fraction of sp³-hybridized carbons (Fsp3) is 0.857. The van der Waals surface area contributed by atoms with Crippen molar-refractivity contribution in [3.63, 3.8) is 0 Å². The minimum absolute atomic E-state index is 0.0850. The van der Waals surface area contributed by atoms with Crippen LogP contribution in [-0.4, -0.2) is 119 Å². The number of nitrogens with one attached hydrogen (secondary N) is 2. The van der Waals surface area contributed by atoms with Gasteiger partial charge in [0.15, 0.2) is 12.4 Å². The van der Waals surface area contributed by atoms with Gasteiger partial charge in [0.1, 0.15) is 31.0 Å². The molecule has 2 aliphatic rings. The Balaban J connectivity index is 0.00000518. The highest BCUT2D eigenvalue weighted by molar-refractivity contribution is 7.47. The van der Waals surface area contributed by atoms with Crippen LogP contribution in [0.4, 0.5) is 4.79 Å². The van der Waals surface area contributed by atoms with Gasteiger partial charge in [-0.05, 0) is 19.3 Å². The third-order valence-corrected chi connectivity index (χ3v) is 7.88. The molecule has 9 unspecified atom stereocenters. The molecule has 0 radical (unpaired) electrons. The molecule has 18 heteroatoms.